The fourth-order valence-electron chi connectivity index (χ4n) is 1.62. The van der Waals surface area contributed by atoms with E-state index in [2.05, 4.69) is 10.4 Å². The van der Waals surface area contributed by atoms with Crippen molar-refractivity contribution in [1.29, 1.82) is 5.41 Å². The largest absolute Gasteiger partial charge is 0.362 e. The van der Waals surface area contributed by atoms with Crippen molar-refractivity contribution < 1.29 is 4.79 Å². The molecule has 0 radical (unpaired) electrons. The van der Waals surface area contributed by atoms with Crippen LogP contribution in [-0.4, -0.2) is 35.6 Å². The summed E-state index contributed by atoms with van der Waals surface area (Å²) in [5.41, 5.74) is 0. The lowest BCUT2D eigenvalue weighted by molar-refractivity contribution is -0.134. The molecule has 1 amide bonds. The molecule has 0 spiro atoms. The summed E-state index contributed by atoms with van der Waals surface area (Å²) >= 11 is 0. The van der Waals surface area contributed by atoms with Crippen molar-refractivity contribution >= 4 is 18.0 Å². The molecular formula is C9H12N4O. The molecule has 14 heavy (non-hydrogen) atoms. The molecule has 0 fully saturated rings. The van der Waals surface area contributed by atoms with Crippen molar-refractivity contribution in [3.8, 4) is 0 Å². The Hall–Kier alpha value is -1.65. The number of nitrogens with one attached hydrogen (secondary N) is 2. The van der Waals surface area contributed by atoms with Crippen molar-refractivity contribution in [3.05, 3.63) is 12.2 Å². The van der Waals surface area contributed by atoms with E-state index in [4.69, 9.17) is 5.41 Å². The summed E-state index contributed by atoms with van der Waals surface area (Å²) in [4.78, 5) is 11.7. The molecule has 5 nitrogen and oxygen atoms in total. The van der Waals surface area contributed by atoms with Gasteiger partial charge in [-0.3, -0.25) is 10.2 Å². The molecule has 0 saturated heterocycles. The first-order valence-electron chi connectivity index (χ1n) is 4.61. The van der Waals surface area contributed by atoms with E-state index < -0.39 is 0 Å². The topological polar surface area (TPSA) is 68.6 Å². The minimum Gasteiger partial charge on any atom is -0.362 e. The molecule has 0 aromatic carbocycles. The SMILES string of the molecule is CCN1N=CC2NC(=N)C=CC2C1=O. The van der Waals surface area contributed by atoms with Gasteiger partial charge in [-0.25, -0.2) is 5.01 Å². The van der Waals surface area contributed by atoms with Gasteiger partial charge in [0.15, 0.2) is 0 Å². The van der Waals surface area contributed by atoms with E-state index in [0.29, 0.717) is 12.4 Å². The number of amides is 1. The average Bonchev–Trinajstić information content (AvgIpc) is 2.18. The van der Waals surface area contributed by atoms with Crippen molar-refractivity contribution in [2.75, 3.05) is 6.54 Å². The fraction of sp³-hybridized carbons (Fsp3) is 0.444. The van der Waals surface area contributed by atoms with E-state index in [9.17, 15) is 4.79 Å². The second-order valence-electron chi connectivity index (χ2n) is 3.29. The highest BCUT2D eigenvalue weighted by Gasteiger charge is 2.34. The Balaban J connectivity index is 2.27. The first kappa shape index (κ1) is 8.93. The first-order valence-corrected chi connectivity index (χ1v) is 4.61. The molecule has 74 valence electrons. The summed E-state index contributed by atoms with van der Waals surface area (Å²) in [6.07, 6.45) is 5.07. The molecule has 0 bridgehead atoms. The van der Waals surface area contributed by atoms with Gasteiger partial charge < -0.3 is 5.32 Å². The first-order chi connectivity index (χ1) is 6.72. The lowest BCUT2D eigenvalue weighted by Crippen LogP contribution is -2.52. The predicted octanol–water partition coefficient (Wildman–Crippen LogP) is -0.0442. The Morgan fingerprint density at radius 1 is 1.71 bits per heavy atom. The number of nitrogens with zero attached hydrogens (tertiary/aromatic N) is 2. The summed E-state index contributed by atoms with van der Waals surface area (Å²) in [6, 6.07) is -0.150. The van der Waals surface area contributed by atoms with E-state index >= 15 is 0 Å². The van der Waals surface area contributed by atoms with Gasteiger partial charge in [0, 0.05) is 12.8 Å². The number of fused-ring (bicyclic) bond motifs is 1. The minimum absolute atomic E-state index is 0.00347. The Kier molecular flexibility index (Phi) is 2.07. The number of hydrazone groups is 1. The van der Waals surface area contributed by atoms with Crippen LogP contribution in [0.4, 0.5) is 0 Å². The molecule has 0 aliphatic carbocycles. The van der Waals surface area contributed by atoms with Gasteiger partial charge in [0.1, 0.15) is 5.84 Å². The van der Waals surface area contributed by atoms with E-state index in [0.717, 1.165) is 0 Å². The minimum atomic E-state index is -0.207. The van der Waals surface area contributed by atoms with Gasteiger partial charge in [-0.05, 0) is 13.0 Å². The quantitative estimate of drug-likeness (QED) is 0.612. The summed E-state index contributed by atoms with van der Waals surface area (Å²) in [7, 11) is 0. The predicted molar refractivity (Wildman–Crippen MR) is 53.2 cm³/mol. The summed E-state index contributed by atoms with van der Waals surface area (Å²) < 4.78 is 0. The third-order valence-corrected chi connectivity index (χ3v) is 2.39. The highest BCUT2D eigenvalue weighted by atomic mass is 16.2. The Morgan fingerprint density at radius 2 is 2.50 bits per heavy atom. The molecule has 2 aliphatic rings. The van der Waals surface area contributed by atoms with Crippen LogP contribution in [0.2, 0.25) is 0 Å². The van der Waals surface area contributed by atoms with Gasteiger partial charge in [0.05, 0.1) is 12.0 Å². The molecule has 2 N–H and O–H groups in total. The Labute approximate surface area is 82.0 Å². The number of carbonyl (C=O) groups is 1. The molecule has 2 unspecified atom stereocenters. The van der Waals surface area contributed by atoms with Crippen LogP contribution in [0.15, 0.2) is 17.3 Å². The maximum atomic E-state index is 11.7. The lowest BCUT2D eigenvalue weighted by Gasteiger charge is -2.32. The smallest absolute Gasteiger partial charge is 0.252 e. The van der Waals surface area contributed by atoms with Gasteiger partial charge in [-0.15, -0.1) is 0 Å². The molecule has 5 heteroatoms. The third-order valence-electron chi connectivity index (χ3n) is 2.39. The van der Waals surface area contributed by atoms with Crippen molar-refractivity contribution in [3.63, 3.8) is 0 Å². The second kappa shape index (κ2) is 3.25. The molecular weight excluding hydrogens is 180 g/mol. The number of hydrogen-bond donors (Lipinski definition) is 2. The van der Waals surface area contributed by atoms with Crippen LogP contribution in [-0.2, 0) is 4.79 Å². The van der Waals surface area contributed by atoms with Crippen LogP contribution in [0.5, 0.6) is 0 Å². The third kappa shape index (κ3) is 1.30. The maximum absolute atomic E-state index is 11.7. The molecule has 2 heterocycles. The van der Waals surface area contributed by atoms with Gasteiger partial charge in [-0.2, -0.15) is 5.10 Å². The Bertz CT molecular complexity index is 334. The number of carbonyl (C=O) groups excluding carboxylic acids is 1. The summed E-state index contributed by atoms with van der Waals surface area (Å²) in [6.45, 7) is 2.47. The van der Waals surface area contributed by atoms with Gasteiger partial charge in [-0.1, -0.05) is 6.08 Å². The van der Waals surface area contributed by atoms with Crippen LogP contribution >= 0.6 is 0 Å². The monoisotopic (exact) mass is 192 g/mol. The number of amidine groups is 1. The zero-order chi connectivity index (χ0) is 10.1. The van der Waals surface area contributed by atoms with Crippen LogP contribution in [0, 0.1) is 11.3 Å². The van der Waals surface area contributed by atoms with E-state index in [1.165, 1.54) is 5.01 Å². The zero-order valence-electron chi connectivity index (χ0n) is 7.90. The number of rotatable bonds is 1. The summed E-state index contributed by atoms with van der Waals surface area (Å²) in [5, 5.41) is 15.7. The molecule has 0 aromatic heterocycles. The van der Waals surface area contributed by atoms with Crippen molar-refractivity contribution in [1.82, 2.24) is 10.3 Å². The Morgan fingerprint density at radius 3 is 3.21 bits per heavy atom. The molecule has 0 saturated carbocycles. The van der Waals surface area contributed by atoms with Gasteiger partial charge in [0.25, 0.3) is 5.91 Å². The van der Waals surface area contributed by atoms with Crippen LogP contribution in [0.3, 0.4) is 0 Å². The van der Waals surface area contributed by atoms with Crippen LogP contribution < -0.4 is 5.32 Å². The molecule has 2 rings (SSSR count). The van der Waals surface area contributed by atoms with Gasteiger partial charge in [0.2, 0.25) is 0 Å². The zero-order valence-corrected chi connectivity index (χ0v) is 7.90. The van der Waals surface area contributed by atoms with Crippen molar-refractivity contribution in [2.24, 2.45) is 11.0 Å². The second-order valence-corrected chi connectivity index (χ2v) is 3.29. The van der Waals surface area contributed by atoms with Crippen molar-refractivity contribution in [2.45, 2.75) is 13.0 Å². The molecule has 2 aliphatic heterocycles. The standard InChI is InChI=1S/C9H12N4O/c1-2-13-9(14)6-3-4-8(10)12-7(6)5-11-13/h3-7H,2H2,1H3,(H2,10,12). The fourth-order valence-corrected chi connectivity index (χ4v) is 1.62. The van der Waals surface area contributed by atoms with Gasteiger partial charge >= 0.3 is 0 Å². The highest BCUT2D eigenvalue weighted by Crippen LogP contribution is 2.17. The van der Waals surface area contributed by atoms with E-state index in [-0.39, 0.29) is 17.9 Å². The number of hydrogen-bond acceptors (Lipinski definition) is 3. The highest BCUT2D eigenvalue weighted by molar-refractivity contribution is 5.99. The summed E-state index contributed by atoms with van der Waals surface area (Å²) in [5.74, 6) is 0.119. The molecule has 0 aromatic rings. The van der Waals surface area contributed by atoms with Crippen LogP contribution in [0.25, 0.3) is 0 Å². The van der Waals surface area contributed by atoms with E-state index in [1.807, 2.05) is 6.92 Å². The molecule has 2 atom stereocenters. The lowest BCUT2D eigenvalue weighted by atomic mass is 9.94. The van der Waals surface area contributed by atoms with Crippen LogP contribution in [0.1, 0.15) is 6.92 Å². The average molecular weight is 192 g/mol. The van der Waals surface area contributed by atoms with E-state index in [1.54, 1.807) is 18.4 Å². The normalized spacial score (nSPS) is 30.2. The maximum Gasteiger partial charge on any atom is 0.252 e.